The van der Waals surface area contributed by atoms with E-state index in [4.69, 9.17) is 10.5 Å². The van der Waals surface area contributed by atoms with Gasteiger partial charge in [0.25, 0.3) is 0 Å². The van der Waals surface area contributed by atoms with E-state index in [1.165, 1.54) is 0 Å². The number of ether oxygens (including phenoxy) is 1. The van der Waals surface area contributed by atoms with Crippen LogP contribution in [0.1, 0.15) is 17.5 Å². The lowest BCUT2D eigenvalue weighted by molar-refractivity contribution is -0.143. The number of hydrogen-bond acceptors (Lipinski definition) is 4. The van der Waals surface area contributed by atoms with Gasteiger partial charge in [0.15, 0.2) is 0 Å². The van der Waals surface area contributed by atoms with Gasteiger partial charge in [-0.25, -0.2) is 0 Å². The molecule has 2 aromatic rings. The van der Waals surface area contributed by atoms with Crippen molar-refractivity contribution in [1.29, 1.82) is 0 Å². The number of anilines is 1. The Bertz CT molecular complexity index is 555. The number of aryl methyl sites for hydroxylation is 1. The van der Waals surface area contributed by atoms with E-state index >= 15 is 0 Å². The van der Waals surface area contributed by atoms with Crippen molar-refractivity contribution in [2.45, 2.75) is 19.3 Å². The lowest BCUT2D eigenvalue weighted by atomic mass is 10.1. The van der Waals surface area contributed by atoms with Crippen LogP contribution < -0.4 is 5.73 Å². The first kappa shape index (κ1) is 14.1. The van der Waals surface area contributed by atoms with Crippen molar-refractivity contribution < 1.29 is 9.53 Å². The van der Waals surface area contributed by atoms with Gasteiger partial charge in [-0.15, -0.1) is 0 Å². The second-order valence-electron chi connectivity index (χ2n) is 4.57. The first-order valence-corrected chi connectivity index (χ1v) is 6.63. The molecule has 104 valence electrons. The van der Waals surface area contributed by atoms with E-state index in [2.05, 4.69) is 4.98 Å². The Kier molecular flexibility index (Phi) is 5.12. The Morgan fingerprint density at radius 1 is 1.10 bits per heavy atom. The summed E-state index contributed by atoms with van der Waals surface area (Å²) in [5.74, 6) is -0.179. The average molecular weight is 270 g/mol. The molecular formula is C16H18N2O2. The van der Waals surface area contributed by atoms with Crippen LogP contribution in [0.5, 0.6) is 0 Å². The summed E-state index contributed by atoms with van der Waals surface area (Å²) in [5, 5.41) is 0. The fourth-order valence-corrected chi connectivity index (χ4v) is 1.90. The van der Waals surface area contributed by atoms with Crippen LogP contribution in [-0.4, -0.2) is 17.6 Å². The molecule has 4 nitrogen and oxygen atoms in total. The number of carbonyl (C=O) groups excluding carboxylic acids is 1. The molecule has 0 aliphatic heterocycles. The number of nitrogen functional groups attached to an aromatic ring is 1. The zero-order valence-electron chi connectivity index (χ0n) is 11.3. The molecule has 1 aromatic carbocycles. The van der Waals surface area contributed by atoms with Gasteiger partial charge in [-0.3, -0.25) is 9.78 Å². The van der Waals surface area contributed by atoms with E-state index in [9.17, 15) is 4.79 Å². The molecule has 2 rings (SSSR count). The van der Waals surface area contributed by atoms with Crippen LogP contribution in [0.4, 0.5) is 5.69 Å². The Balaban J connectivity index is 1.68. The second kappa shape index (κ2) is 7.28. The van der Waals surface area contributed by atoms with E-state index in [0.717, 1.165) is 11.1 Å². The SMILES string of the molecule is Nc1cccc(CCC(=O)OCCc2ccncc2)c1. The number of benzene rings is 1. The van der Waals surface area contributed by atoms with E-state index in [0.29, 0.717) is 31.6 Å². The Labute approximate surface area is 118 Å². The molecule has 0 saturated heterocycles. The van der Waals surface area contributed by atoms with Crippen molar-refractivity contribution >= 4 is 11.7 Å². The first-order chi connectivity index (χ1) is 9.74. The monoisotopic (exact) mass is 270 g/mol. The summed E-state index contributed by atoms with van der Waals surface area (Å²) in [4.78, 5) is 15.6. The number of esters is 1. The van der Waals surface area contributed by atoms with E-state index in [-0.39, 0.29) is 5.97 Å². The Hall–Kier alpha value is -2.36. The number of hydrogen-bond donors (Lipinski definition) is 1. The Morgan fingerprint density at radius 2 is 1.90 bits per heavy atom. The quantitative estimate of drug-likeness (QED) is 0.646. The molecule has 0 aliphatic rings. The maximum absolute atomic E-state index is 11.6. The molecule has 1 heterocycles. The third kappa shape index (κ3) is 4.72. The molecule has 0 saturated carbocycles. The molecular weight excluding hydrogens is 252 g/mol. The highest BCUT2D eigenvalue weighted by atomic mass is 16.5. The molecule has 0 spiro atoms. The highest BCUT2D eigenvalue weighted by molar-refractivity contribution is 5.69. The predicted molar refractivity (Wildman–Crippen MR) is 78.1 cm³/mol. The van der Waals surface area contributed by atoms with Gasteiger partial charge in [-0.05, 0) is 41.8 Å². The van der Waals surface area contributed by atoms with Gasteiger partial charge in [0.05, 0.1) is 6.61 Å². The molecule has 0 aliphatic carbocycles. The summed E-state index contributed by atoms with van der Waals surface area (Å²) in [6.45, 7) is 0.403. The fraction of sp³-hybridized carbons (Fsp3) is 0.250. The van der Waals surface area contributed by atoms with Crippen LogP contribution in [0.25, 0.3) is 0 Å². The first-order valence-electron chi connectivity index (χ1n) is 6.63. The van der Waals surface area contributed by atoms with E-state index in [1.54, 1.807) is 12.4 Å². The highest BCUT2D eigenvalue weighted by Gasteiger charge is 2.04. The standard InChI is InChI=1S/C16H18N2O2/c17-15-3-1-2-14(12-15)4-5-16(19)20-11-8-13-6-9-18-10-7-13/h1-3,6-7,9-10,12H,4-5,8,11,17H2. The van der Waals surface area contributed by atoms with Gasteiger partial charge < -0.3 is 10.5 Å². The summed E-state index contributed by atoms with van der Waals surface area (Å²) >= 11 is 0. The van der Waals surface area contributed by atoms with Gasteiger partial charge in [0, 0.05) is 30.9 Å². The van der Waals surface area contributed by atoms with E-state index in [1.807, 2.05) is 36.4 Å². The van der Waals surface area contributed by atoms with Gasteiger partial charge in [-0.2, -0.15) is 0 Å². The van der Waals surface area contributed by atoms with Gasteiger partial charge in [0.1, 0.15) is 0 Å². The number of carbonyl (C=O) groups is 1. The molecule has 4 heteroatoms. The van der Waals surface area contributed by atoms with Crippen LogP contribution in [0, 0.1) is 0 Å². The minimum atomic E-state index is -0.179. The maximum Gasteiger partial charge on any atom is 0.306 e. The number of nitrogens with two attached hydrogens (primary N) is 1. The molecule has 0 unspecified atom stereocenters. The molecule has 0 amide bonds. The van der Waals surface area contributed by atoms with Crippen molar-refractivity contribution in [2.75, 3.05) is 12.3 Å². The molecule has 0 bridgehead atoms. The van der Waals surface area contributed by atoms with Crippen LogP contribution in [0.2, 0.25) is 0 Å². The van der Waals surface area contributed by atoms with Crippen molar-refractivity contribution in [1.82, 2.24) is 4.98 Å². The predicted octanol–water partition coefficient (Wildman–Crippen LogP) is 2.38. The second-order valence-corrected chi connectivity index (χ2v) is 4.57. The number of pyridine rings is 1. The largest absolute Gasteiger partial charge is 0.465 e. The summed E-state index contributed by atoms with van der Waals surface area (Å²) < 4.78 is 5.21. The fourth-order valence-electron chi connectivity index (χ4n) is 1.90. The highest BCUT2D eigenvalue weighted by Crippen LogP contribution is 2.09. The molecule has 0 fully saturated rings. The van der Waals surface area contributed by atoms with Gasteiger partial charge in [0.2, 0.25) is 0 Å². The third-order valence-corrected chi connectivity index (χ3v) is 2.97. The van der Waals surface area contributed by atoms with Crippen LogP contribution in [-0.2, 0) is 22.4 Å². The van der Waals surface area contributed by atoms with Crippen LogP contribution in [0.15, 0.2) is 48.8 Å². The maximum atomic E-state index is 11.6. The average Bonchev–Trinajstić information content (AvgIpc) is 2.46. The van der Waals surface area contributed by atoms with Gasteiger partial charge >= 0.3 is 5.97 Å². The topological polar surface area (TPSA) is 65.2 Å². The number of aromatic nitrogens is 1. The minimum absolute atomic E-state index is 0.179. The zero-order chi connectivity index (χ0) is 14.2. The molecule has 20 heavy (non-hydrogen) atoms. The van der Waals surface area contributed by atoms with Crippen molar-refractivity contribution in [3.8, 4) is 0 Å². The van der Waals surface area contributed by atoms with Crippen LogP contribution in [0.3, 0.4) is 0 Å². The zero-order valence-corrected chi connectivity index (χ0v) is 11.3. The van der Waals surface area contributed by atoms with Gasteiger partial charge in [-0.1, -0.05) is 12.1 Å². The number of nitrogens with zero attached hydrogens (tertiary/aromatic N) is 1. The summed E-state index contributed by atoms with van der Waals surface area (Å²) in [6, 6.07) is 11.4. The normalized spacial score (nSPS) is 10.2. The van der Waals surface area contributed by atoms with Crippen molar-refractivity contribution in [3.63, 3.8) is 0 Å². The summed E-state index contributed by atoms with van der Waals surface area (Å²) in [5.41, 5.74) is 8.57. The Morgan fingerprint density at radius 3 is 2.65 bits per heavy atom. The molecule has 1 aromatic heterocycles. The number of rotatable bonds is 6. The summed E-state index contributed by atoms with van der Waals surface area (Å²) in [7, 11) is 0. The lowest BCUT2D eigenvalue weighted by Gasteiger charge is -2.05. The lowest BCUT2D eigenvalue weighted by Crippen LogP contribution is -2.08. The van der Waals surface area contributed by atoms with Crippen molar-refractivity contribution in [3.05, 3.63) is 59.9 Å². The van der Waals surface area contributed by atoms with Crippen molar-refractivity contribution in [2.24, 2.45) is 0 Å². The molecule has 2 N–H and O–H groups in total. The smallest absolute Gasteiger partial charge is 0.306 e. The van der Waals surface area contributed by atoms with E-state index < -0.39 is 0 Å². The molecule has 0 radical (unpaired) electrons. The minimum Gasteiger partial charge on any atom is -0.465 e. The van der Waals surface area contributed by atoms with Crippen LogP contribution >= 0.6 is 0 Å². The summed E-state index contributed by atoms with van der Waals surface area (Å²) in [6.07, 6.45) is 5.21. The molecule has 0 atom stereocenters. The third-order valence-electron chi connectivity index (χ3n) is 2.97.